The number of benzene rings is 2. The van der Waals surface area contributed by atoms with Crippen molar-refractivity contribution in [3.63, 3.8) is 0 Å². The molecule has 37 heavy (non-hydrogen) atoms. The molecule has 2 aliphatic rings. The average Bonchev–Trinajstić information content (AvgIpc) is 2.99. The maximum absolute atomic E-state index is 13.4. The number of fused-ring (bicyclic) bond motifs is 1. The Labute approximate surface area is 228 Å². The summed E-state index contributed by atoms with van der Waals surface area (Å²) in [4.78, 5) is 22.1. The van der Waals surface area contributed by atoms with E-state index in [9.17, 15) is 4.79 Å². The van der Waals surface area contributed by atoms with Crippen LogP contribution in [-0.4, -0.2) is 73.0 Å². The Morgan fingerprint density at radius 1 is 1.19 bits per heavy atom. The minimum Gasteiger partial charge on any atom is -0.492 e. The number of ether oxygens (including phenoxy) is 1. The summed E-state index contributed by atoms with van der Waals surface area (Å²) in [5.41, 5.74) is 3.62. The van der Waals surface area contributed by atoms with E-state index in [-0.39, 0.29) is 11.9 Å². The van der Waals surface area contributed by atoms with Crippen molar-refractivity contribution in [3.8, 4) is 5.75 Å². The van der Waals surface area contributed by atoms with Gasteiger partial charge < -0.3 is 25.2 Å². The zero-order valence-electron chi connectivity index (χ0n) is 21.3. The van der Waals surface area contributed by atoms with Gasteiger partial charge in [0.25, 0.3) is 5.91 Å². The van der Waals surface area contributed by atoms with Crippen LogP contribution in [0.5, 0.6) is 5.75 Å². The van der Waals surface area contributed by atoms with Crippen molar-refractivity contribution in [1.82, 2.24) is 20.4 Å². The minimum absolute atomic E-state index is 0.152. The molecule has 4 rings (SSSR count). The number of carbonyl (C=O) groups is 1. The van der Waals surface area contributed by atoms with Crippen LogP contribution in [0.1, 0.15) is 17.5 Å². The van der Waals surface area contributed by atoms with Gasteiger partial charge in [0, 0.05) is 36.3 Å². The van der Waals surface area contributed by atoms with E-state index in [2.05, 4.69) is 15.5 Å². The van der Waals surface area contributed by atoms with Gasteiger partial charge in [-0.25, -0.2) is 4.99 Å². The largest absolute Gasteiger partial charge is 0.492 e. The predicted molar refractivity (Wildman–Crippen MR) is 153 cm³/mol. The second-order valence-electron chi connectivity index (χ2n) is 9.26. The molecule has 1 amide bonds. The highest BCUT2D eigenvalue weighted by Gasteiger charge is 2.36. The van der Waals surface area contributed by atoms with Crippen LogP contribution in [-0.2, 0) is 11.3 Å². The van der Waals surface area contributed by atoms with Crippen LogP contribution in [0.3, 0.4) is 0 Å². The normalized spacial score (nSPS) is 19.3. The second kappa shape index (κ2) is 12.4. The molecule has 0 saturated carbocycles. The number of rotatable bonds is 8. The third-order valence-electron chi connectivity index (χ3n) is 6.27. The van der Waals surface area contributed by atoms with E-state index in [0.717, 1.165) is 34.7 Å². The van der Waals surface area contributed by atoms with Gasteiger partial charge in [-0.05, 0) is 56.5 Å². The first-order valence-corrected chi connectivity index (χ1v) is 13.0. The number of halogens is 1. The van der Waals surface area contributed by atoms with E-state index in [4.69, 9.17) is 33.5 Å². The van der Waals surface area contributed by atoms with Gasteiger partial charge in [-0.3, -0.25) is 4.79 Å². The fourth-order valence-corrected chi connectivity index (χ4v) is 4.58. The van der Waals surface area contributed by atoms with Crippen molar-refractivity contribution >= 4 is 40.6 Å². The van der Waals surface area contributed by atoms with Crippen molar-refractivity contribution < 1.29 is 9.53 Å². The summed E-state index contributed by atoms with van der Waals surface area (Å²) in [5.74, 6) is 0.670. The van der Waals surface area contributed by atoms with E-state index in [1.807, 2.05) is 80.8 Å². The van der Waals surface area contributed by atoms with Crippen molar-refractivity contribution in [2.45, 2.75) is 25.2 Å². The Bertz CT molecular complexity index is 1210. The molecule has 2 aromatic rings. The summed E-state index contributed by atoms with van der Waals surface area (Å²) in [6.07, 6.45) is 3.60. The Kier molecular flexibility index (Phi) is 8.97. The van der Waals surface area contributed by atoms with Crippen LogP contribution in [0.15, 0.2) is 82.3 Å². The molecule has 1 heterocycles. The van der Waals surface area contributed by atoms with Crippen molar-refractivity contribution in [1.29, 1.82) is 0 Å². The van der Waals surface area contributed by atoms with Crippen LogP contribution in [0.4, 0.5) is 0 Å². The molecule has 2 N–H and O–H groups in total. The zero-order valence-corrected chi connectivity index (χ0v) is 22.9. The van der Waals surface area contributed by atoms with Crippen molar-refractivity contribution in [2.24, 2.45) is 4.99 Å². The van der Waals surface area contributed by atoms with Crippen LogP contribution in [0, 0.1) is 0 Å². The van der Waals surface area contributed by atoms with E-state index >= 15 is 0 Å². The van der Waals surface area contributed by atoms with Gasteiger partial charge in [0.1, 0.15) is 12.4 Å². The number of aliphatic imine (C=N–C) groups is 1. The molecule has 1 aliphatic carbocycles. The lowest BCUT2D eigenvalue weighted by Crippen LogP contribution is -2.50. The van der Waals surface area contributed by atoms with Crippen molar-refractivity contribution in [2.75, 3.05) is 34.3 Å². The minimum atomic E-state index is -0.863. The summed E-state index contributed by atoms with van der Waals surface area (Å²) in [7, 11) is 5.83. The Morgan fingerprint density at radius 3 is 2.62 bits per heavy atom. The van der Waals surface area contributed by atoms with Crippen LogP contribution in [0.25, 0.3) is 0 Å². The number of amides is 1. The number of nitrogens with one attached hydrogen (secondary N) is 2. The topological polar surface area (TPSA) is 69.2 Å². The summed E-state index contributed by atoms with van der Waals surface area (Å²) in [6, 6.07) is 17.6. The molecule has 2 aromatic carbocycles. The molecule has 0 spiro atoms. The zero-order chi connectivity index (χ0) is 26.4. The Hall–Kier alpha value is -3.20. The van der Waals surface area contributed by atoms with Crippen LogP contribution >= 0.6 is 23.8 Å². The molecular weight excluding hydrogens is 506 g/mol. The fourth-order valence-electron chi connectivity index (χ4n) is 4.19. The summed E-state index contributed by atoms with van der Waals surface area (Å²) in [5, 5.41) is 7.30. The Balaban J connectivity index is 1.45. The summed E-state index contributed by atoms with van der Waals surface area (Å²) in [6.45, 7) is 1.99. The van der Waals surface area contributed by atoms with Gasteiger partial charge in [0.15, 0.2) is 5.11 Å². The van der Waals surface area contributed by atoms with Gasteiger partial charge in [0.05, 0.1) is 11.8 Å². The monoisotopic (exact) mass is 537 g/mol. The summed E-state index contributed by atoms with van der Waals surface area (Å²) < 4.78 is 5.75. The average molecular weight is 538 g/mol. The molecule has 0 saturated heterocycles. The first-order chi connectivity index (χ1) is 17.8. The molecule has 2 unspecified atom stereocenters. The van der Waals surface area contributed by atoms with Gasteiger partial charge in [0.2, 0.25) is 6.17 Å². The van der Waals surface area contributed by atoms with Gasteiger partial charge >= 0.3 is 0 Å². The predicted octanol–water partition coefficient (Wildman–Crippen LogP) is 3.70. The first kappa shape index (κ1) is 26.9. The number of nitrogens with zero attached hydrogens (tertiary/aromatic N) is 3. The van der Waals surface area contributed by atoms with E-state index in [0.29, 0.717) is 29.7 Å². The van der Waals surface area contributed by atoms with Gasteiger partial charge in [-0.1, -0.05) is 60.1 Å². The van der Waals surface area contributed by atoms with Gasteiger partial charge in [-0.15, -0.1) is 0 Å². The van der Waals surface area contributed by atoms with Crippen LogP contribution in [0.2, 0.25) is 0 Å². The van der Waals surface area contributed by atoms with Crippen molar-refractivity contribution in [3.05, 3.63) is 88.5 Å². The van der Waals surface area contributed by atoms with E-state index < -0.39 is 6.17 Å². The molecular formula is C28H32ClN5O2S. The number of thiocarbonyl (C=S) groups is 1. The molecule has 1 aliphatic heterocycles. The maximum atomic E-state index is 13.4. The SMILES string of the molecule is CN(C)CCOc1ccc(CNC(=S)NC2N=C(c3ccccc3)C3=CC(Cl)=CCC3N(C)C2=O)cc1. The first-order valence-electron chi connectivity index (χ1n) is 12.2. The molecule has 7 nitrogen and oxygen atoms in total. The van der Waals surface area contributed by atoms with E-state index in [1.165, 1.54) is 0 Å². The number of hydrogen-bond acceptors (Lipinski definition) is 5. The number of hydrogen-bond donors (Lipinski definition) is 2. The highest BCUT2D eigenvalue weighted by Crippen LogP contribution is 2.30. The molecule has 0 radical (unpaired) electrons. The number of likely N-dealkylation sites (N-methyl/N-ethyl adjacent to an activating group) is 2. The molecule has 0 bridgehead atoms. The summed E-state index contributed by atoms with van der Waals surface area (Å²) >= 11 is 11.9. The molecule has 2 atom stereocenters. The molecule has 9 heteroatoms. The highest BCUT2D eigenvalue weighted by molar-refractivity contribution is 7.80. The van der Waals surface area contributed by atoms with Gasteiger partial charge in [-0.2, -0.15) is 0 Å². The lowest BCUT2D eigenvalue weighted by atomic mass is 9.90. The molecule has 0 aromatic heterocycles. The standard InChI is InChI=1S/C28H32ClN5O2S/c1-33(2)15-16-36-22-12-9-19(10-13-22)18-30-28(37)32-26-27(35)34(3)24-14-11-21(29)17-23(24)25(31-26)20-7-5-4-6-8-20/h4-13,17,24,26H,14-16,18H2,1-3H3,(H2,30,32,37). The highest BCUT2D eigenvalue weighted by atomic mass is 35.5. The second-order valence-corrected chi connectivity index (χ2v) is 10.1. The fraction of sp³-hybridized carbons (Fsp3) is 0.321. The van der Waals surface area contributed by atoms with E-state index in [1.54, 1.807) is 11.9 Å². The quantitative estimate of drug-likeness (QED) is 0.500. The Morgan fingerprint density at radius 2 is 1.92 bits per heavy atom. The lowest BCUT2D eigenvalue weighted by Gasteiger charge is -2.30. The smallest absolute Gasteiger partial charge is 0.268 e. The maximum Gasteiger partial charge on any atom is 0.268 e. The van der Waals surface area contributed by atoms with Crippen LogP contribution < -0.4 is 15.4 Å². The lowest BCUT2D eigenvalue weighted by molar-refractivity contribution is -0.132. The molecule has 0 fully saturated rings. The third-order valence-corrected chi connectivity index (χ3v) is 6.79. The third kappa shape index (κ3) is 6.97. The number of allylic oxidation sites excluding steroid dienone is 2. The number of carbonyl (C=O) groups excluding carboxylic acids is 1. The molecule has 194 valence electrons.